The largest absolute Gasteiger partial charge is 0.487 e. The van der Waals surface area contributed by atoms with Crippen molar-refractivity contribution in [1.82, 2.24) is 4.90 Å². The molecule has 6 rings (SSSR count). The topological polar surface area (TPSA) is 72.9 Å². The van der Waals surface area contributed by atoms with Crippen molar-refractivity contribution in [3.8, 4) is 16.9 Å². The number of rotatable bonds is 8. The quantitative estimate of drug-likeness (QED) is 0.198. The first-order chi connectivity index (χ1) is 21.7. The number of fused-ring (bicyclic) bond motifs is 1. The Hall–Kier alpha value is -4.10. The van der Waals surface area contributed by atoms with E-state index in [0.29, 0.717) is 19.0 Å². The Labute approximate surface area is 266 Å². The highest BCUT2D eigenvalue weighted by atomic mass is 32.2. The van der Waals surface area contributed by atoms with E-state index >= 15 is 0 Å². The van der Waals surface area contributed by atoms with Gasteiger partial charge in [-0.05, 0) is 69.8 Å². The Morgan fingerprint density at radius 2 is 1.42 bits per heavy atom. The lowest BCUT2D eigenvalue weighted by molar-refractivity contribution is -0.0150. The van der Waals surface area contributed by atoms with Gasteiger partial charge in [-0.2, -0.15) is 0 Å². The van der Waals surface area contributed by atoms with E-state index in [1.165, 1.54) is 11.1 Å². The fourth-order valence-corrected chi connectivity index (χ4v) is 7.81. The average molecular weight is 624 g/mol. The molecular formula is C38H41NO5S. The number of likely N-dealkylation sites (tertiary alicyclic amines) is 1. The van der Waals surface area contributed by atoms with E-state index in [2.05, 4.69) is 44.2 Å². The lowest BCUT2D eigenvalue weighted by Gasteiger charge is -2.44. The molecule has 2 aliphatic rings. The summed E-state index contributed by atoms with van der Waals surface area (Å²) in [5.74, 6) is 1.44. The number of piperidine rings is 1. The van der Waals surface area contributed by atoms with Gasteiger partial charge in [-0.3, -0.25) is 0 Å². The molecule has 0 saturated carbocycles. The van der Waals surface area contributed by atoms with Crippen molar-refractivity contribution < 1.29 is 22.7 Å². The second kappa shape index (κ2) is 13.1. The van der Waals surface area contributed by atoms with Gasteiger partial charge in [0.1, 0.15) is 18.0 Å². The number of benzene rings is 4. The lowest BCUT2D eigenvalue weighted by Crippen LogP contribution is -2.51. The van der Waals surface area contributed by atoms with Crippen molar-refractivity contribution >= 4 is 15.9 Å². The first-order valence-electron chi connectivity index (χ1n) is 15.8. The summed E-state index contributed by atoms with van der Waals surface area (Å²) in [7, 11) is -3.26. The van der Waals surface area contributed by atoms with Crippen LogP contribution in [0.15, 0.2) is 97.1 Å². The molecule has 1 spiro atoms. The maximum Gasteiger partial charge on any atom is 0.410 e. The monoisotopic (exact) mass is 623 g/mol. The third-order valence-corrected chi connectivity index (χ3v) is 10.6. The zero-order valence-electron chi connectivity index (χ0n) is 26.1. The van der Waals surface area contributed by atoms with E-state index in [9.17, 15) is 13.2 Å². The first kappa shape index (κ1) is 30.9. The van der Waals surface area contributed by atoms with E-state index in [4.69, 9.17) is 9.47 Å². The normalized spacial score (nSPS) is 15.8. The van der Waals surface area contributed by atoms with Gasteiger partial charge >= 0.3 is 6.09 Å². The maximum absolute atomic E-state index is 12.8. The van der Waals surface area contributed by atoms with Crippen LogP contribution in [0.5, 0.6) is 5.75 Å². The molecule has 2 heterocycles. The average Bonchev–Trinajstić information content (AvgIpc) is 3.04. The molecule has 234 valence electrons. The molecule has 0 bridgehead atoms. The minimum atomic E-state index is -3.26. The number of amides is 1. The fraction of sp³-hybridized carbons (Fsp3) is 0.342. The number of carbonyl (C=O) groups is 1. The van der Waals surface area contributed by atoms with Gasteiger partial charge in [-0.25, -0.2) is 13.2 Å². The molecule has 2 aliphatic heterocycles. The summed E-state index contributed by atoms with van der Waals surface area (Å²) in [6.07, 6.45) is 3.11. The van der Waals surface area contributed by atoms with E-state index in [1.807, 2.05) is 66.7 Å². The molecule has 0 N–H and O–H groups in total. The molecule has 7 heteroatoms. The number of aryl methyl sites for hydroxylation is 1. The smallest absolute Gasteiger partial charge is 0.410 e. The third-order valence-electron chi connectivity index (χ3n) is 9.08. The molecule has 0 aliphatic carbocycles. The number of nitrogens with zero attached hydrogens (tertiary/aromatic N) is 1. The molecule has 1 amide bonds. The summed E-state index contributed by atoms with van der Waals surface area (Å²) >= 11 is 0. The van der Waals surface area contributed by atoms with E-state index in [0.717, 1.165) is 59.3 Å². The summed E-state index contributed by atoms with van der Waals surface area (Å²) in [6, 6.07) is 31.7. The van der Waals surface area contributed by atoms with Crippen LogP contribution in [0.25, 0.3) is 11.1 Å². The van der Waals surface area contributed by atoms with Crippen LogP contribution in [0, 0.1) is 0 Å². The van der Waals surface area contributed by atoms with E-state index in [1.54, 1.807) is 4.90 Å². The van der Waals surface area contributed by atoms with Crippen LogP contribution in [0.2, 0.25) is 0 Å². The van der Waals surface area contributed by atoms with Gasteiger partial charge in [0.15, 0.2) is 9.84 Å². The highest BCUT2D eigenvalue weighted by Gasteiger charge is 2.40. The SMILES string of the molecule is CC(C)c1ccc(COC(=O)N2CCC3(CCc4cc(-c5ccc(CS(=O)(=O)Cc6ccccc6)cc5)ccc4O3)CC2)cc1. The van der Waals surface area contributed by atoms with Gasteiger partial charge < -0.3 is 14.4 Å². The van der Waals surface area contributed by atoms with Gasteiger partial charge in [0.25, 0.3) is 0 Å². The van der Waals surface area contributed by atoms with Gasteiger partial charge in [-0.15, -0.1) is 0 Å². The molecule has 1 fully saturated rings. The number of ether oxygens (including phenoxy) is 2. The highest BCUT2D eigenvalue weighted by Crippen LogP contribution is 2.41. The van der Waals surface area contributed by atoms with Crippen molar-refractivity contribution in [3.05, 3.63) is 125 Å². The summed E-state index contributed by atoms with van der Waals surface area (Å²) < 4.78 is 37.7. The molecule has 0 atom stereocenters. The molecule has 4 aromatic carbocycles. The summed E-state index contributed by atoms with van der Waals surface area (Å²) in [5, 5.41) is 0. The maximum atomic E-state index is 12.8. The van der Waals surface area contributed by atoms with E-state index in [-0.39, 0.29) is 29.8 Å². The fourth-order valence-electron chi connectivity index (χ4n) is 6.31. The summed E-state index contributed by atoms with van der Waals surface area (Å²) in [6.45, 7) is 5.84. The molecule has 6 nitrogen and oxygen atoms in total. The van der Waals surface area contributed by atoms with Crippen LogP contribution < -0.4 is 4.74 Å². The van der Waals surface area contributed by atoms with E-state index < -0.39 is 9.84 Å². The third kappa shape index (κ3) is 7.59. The van der Waals surface area contributed by atoms with Gasteiger partial charge in [0.05, 0.1) is 11.5 Å². The predicted molar refractivity (Wildman–Crippen MR) is 178 cm³/mol. The molecule has 45 heavy (non-hydrogen) atoms. The Morgan fingerprint density at radius 1 is 0.800 bits per heavy atom. The number of sulfone groups is 1. The lowest BCUT2D eigenvalue weighted by atomic mass is 9.82. The van der Waals surface area contributed by atoms with Crippen molar-refractivity contribution in [3.63, 3.8) is 0 Å². The molecule has 0 radical (unpaired) electrons. The Balaban J connectivity index is 1.02. The number of carbonyl (C=O) groups excluding carboxylic acids is 1. The zero-order chi connectivity index (χ0) is 31.4. The van der Waals surface area contributed by atoms with Crippen LogP contribution in [0.3, 0.4) is 0 Å². The minimum Gasteiger partial charge on any atom is -0.487 e. The number of hydrogen-bond acceptors (Lipinski definition) is 5. The standard InChI is InChI=1S/C38H41NO5S/c1-28(2)32-12-8-29(9-13-32)25-43-37(40)39-22-20-38(21-23-39)19-18-35-24-34(16-17-36(35)44-38)33-14-10-31(11-15-33)27-45(41,42)26-30-6-4-3-5-7-30/h3-17,24,28H,18-23,25-27H2,1-2H3. The molecular weight excluding hydrogens is 582 g/mol. The van der Waals surface area contributed by atoms with Crippen molar-refractivity contribution in [2.75, 3.05) is 13.1 Å². The minimum absolute atomic E-state index is 0.0175. The van der Waals surface area contributed by atoms with Crippen molar-refractivity contribution in [2.45, 2.75) is 69.2 Å². The number of hydrogen-bond donors (Lipinski definition) is 0. The molecule has 0 aromatic heterocycles. The second-order valence-corrected chi connectivity index (χ2v) is 14.8. The Kier molecular flexibility index (Phi) is 8.99. The van der Waals surface area contributed by atoms with Crippen molar-refractivity contribution in [1.29, 1.82) is 0 Å². The zero-order valence-corrected chi connectivity index (χ0v) is 26.9. The van der Waals surface area contributed by atoms with Gasteiger partial charge in [0.2, 0.25) is 0 Å². The molecule has 0 unspecified atom stereocenters. The highest BCUT2D eigenvalue weighted by molar-refractivity contribution is 7.89. The molecule has 4 aromatic rings. The van der Waals surface area contributed by atoms with Gasteiger partial charge in [0, 0.05) is 25.9 Å². The summed E-state index contributed by atoms with van der Waals surface area (Å²) in [4.78, 5) is 14.6. The van der Waals surface area contributed by atoms with Crippen LogP contribution in [0.4, 0.5) is 4.79 Å². The predicted octanol–water partition coefficient (Wildman–Crippen LogP) is 8.09. The van der Waals surface area contributed by atoms with Crippen LogP contribution in [-0.4, -0.2) is 38.1 Å². The first-order valence-corrected chi connectivity index (χ1v) is 17.7. The summed E-state index contributed by atoms with van der Waals surface area (Å²) in [5.41, 5.74) is 6.91. The van der Waals surface area contributed by atoms with Crippen LogP contribution >= 0.6 is 0 Å². The van der Waals surface area contributed by atoms with Crippen LogP contribution in [-0.2, 0) is 39.1 Å². The van der Waals surface area contributed by atoms with Crippen molar-refractivity contribution in [2.24, 2.45) is 0 Å². The molecule has 1 saturated heterocycles. The Morgan fingerprint density at radius 3 is 2.09 bits per heavy atom. The van der Waals surface area contributed by atoms with Gasteiger partial charge in [-0.1, -0.05) is 98.8 Å². The Bertz CT molecular complexity index is 1720. The second-order valence-electron chi connectivity index (χ2n) is 12.8. The van der Waals surface area contributed by atoms with Crippen LogP contribution in [0.1, 0.15) is 66.8 Å².